The molecule has 0 radical (unpaired) electrons. The van der Waals surface area contributed by atoms with Gasteiger partial charge in [-0.25, -0.2) is 4.79 Å². The molecule has 8 heteroatoms. The van der Waals surface area contributed by atoms with E-state index in [0.29, 0.717) is 41.9 Å². The summed E-state index contributed by atoms with van der Waals surface area (Å²) in [7, 11) is 0. The second-order valence-electron chi connectivity index (χ2n) is 12.7. The molecule has 0 heterocycles. The molecule has 0 saturated heterocycles. The highest BCUT2D eigenvalue weighted by atomic mass is 35.5. The zero-order valence-electron chi connectivity index (χ0n) is 22.2. The summed E-state index contributed by atoms with van der Waals surface area (Å²) in [5.41, 5.74) is 0.461. The summed E-state index contributed by atoms with van der Waals surface area (Å²) in [6, 6.07) is -0.256. The van der Waals surface area contributed by atoms with E-state index in [0.717, 1.165) is 32.1 Å². The van der Waals surface area contributed by atoms with Crippen molar-refractivity contribution in [2.24, 2.45) is 46.3 Å². The van der Waals surface area contributed by atoms with Crippen molar-refractivity contribution in [3.63, 3.8) is 0 Å². The monoisotopic (exact) mass is 527 g/mol. The number of alkyl halides is 1. The Labute approximate surface area is 221 Å². The fraction of sp³-hybridized carbons (Fsp3) is 0.929. The Morgan fingerprint density at radius 1 is 1.03 bits per heavy atom. The first-order valence-electron chi connectivity index (χ1n) is 14.1. The molecular formula is C28H46ClNO6. The van der Waals surface area contributed by atoms with Gasteiger partial charge in [-0.1, -0.05) is 32.4 Å². The number of aliphatic hydroxyl groups excluding tert-OH is 2. The van der Waals surface area contributed by atoms with Crippen LogP contribution in [0.1, 0.15) is 85.0 Å². The van der Waals surface area contributed by atoms with Crippen LogP contribution in [-0.2, 0) is 14.3 Å². The van der Waals surface area contributed by atoms with Crippen molar-refractivity contribution in [2.75, 3.05) is 19.2 Å². The van der Waals surface area contributed by atoms with E-state index in [-0.39, 0.29) is 48.2 Å². The maximum absolute atomic E-state index is 12.4. The minimum atomic E-state index is -0.833. The molecule has 10 atom stereocenters. The summed E-state index contributed by atoms with van der Waals surface area (Å²) >= 11 is 5.30. The molecule has 36 heavy (non-hydrogen) atoms. The molecule has 4 aliphatic rings. The molecule has 0 aromatic heterocycles. The number of carbonyl (C=O) groups excluding carboxylic acids is 2. The molecule has 1 amide bonds. The molecule has 4 aliphatic carbocycles. The topological polar surface area (TPSA) is 105 Å². The van der Waals surface area contributed by atoms with Gasteiger partial charge in [0.2, 0.25) is 5.91 Å². The summed E-state index contributed by atoms with van der Waals surface area (Å²) in [4.78, 5) is 23.5. The van der Waals surface area contributed by atoms with E-state index in [1.54, 1.807) is 0 Å². The Morgan fingerprint density at radius 3 is 2.50 bits per heavy atom. The van der Waals surface area contributed by atoms with Crippen molar-refractivity contribution in [1.82, 2.24) is 5.32 Å². The van der Waals surface area contributed by atoms with Crippen molar-refractivity contribution >= 4 is 23.7 Å². The van der Waals surface area contributed by atoms with Crippen LogP contribution >= 0.6 is 11.6 Å². The smallest absolute Gasteiger partial charge is 0.432 e. The van der Waals surface area contributed by atoms with Crippen molar-refractivity contribution < 1.29 is 29.3 Å². The maximum Gasteiger partial charge on any atom is 0.509 e. The minimum absolute atomic E-state index is 0.0271. The first-order chi connectivity index (χ1) is 17.1. The average Bonchev–Trinajstić information content (AvgIpc) is 3.19. The number of hydrogen-bond donors (Lipinski definition) is 3. The highest BCUT2D eigenvalue weighted by Gasteiger charge is 2.62. The van der Waals surface area contributed by atoms with E-state index < -0.39 is 6.16 Å². The number of fused-ring (bicyclic) bond motifs is 5. The number of halogens is 1. The zero-order chi connectivity index (χ0) is 26.1. The predicted molar refractivity (Wildman–Crippen MR) is 137 cm³/mol. The third kappa shape index (κ3) is 5.40. The number of aliphatic hydroxyl groups is 2. The lowest BCUT2D eigenvalue weighted by atomic mass is 9.43. The molecule has 206 valence electrons. The van der Waals surface area contributed by atoms with E-state index in [1.807, 2.05) is 0 Å². The lowest BCUT2D eigenvalue weighted by molar-refractivity contribution is -0.174. The Morgan fingerprint density at radius 2 is 1.75 bits per heavy atom. The largest absolute Gasteiger partial charge is 0.509 e. The first-order valence-corrected chi connectivity index (χ1v) is 14.6. The fourth-order valence-electron chi connectivity index (χ4n) is 9.23. The fourth-order valence-corrected chi connectivity index (χ4v) is 9.32. The molecule has 4 rings (SSSR count). The van der Waals surface area contributed by atoms with E-state index in [2.05, 4.69) is 30.8 Å². The van der Waals surface area contributed by atoms with Gasteiger partial charge in [-0.05, 0) is 104 Å². The first kappa shape index (κ1) is 28.0. The highest BCUT2D eigenvalue weighted by molar-refractivity contribution is 6.17. The molecule has 0 aromatic carbocycles. The lowest BCUT2D eigenvalue weighted by Gasteiger charge is -2.62. The van der Waals surface area contributed by atoms with Gasteiger partial charge in [0.1, 0.15) is 6.61 Å². The van der Waals surface area contributed by atoms with Crippen LogP contribution < -0.4 is 5.32 Å². The SMILES string of the molecule is C[C@H](CCC(=O)NCCOC(=O)OCCl)C1CCC2[C@H]3C(CCC21C)C1(C)CC[C@@H](O)C[C@H]1C[C@H]3O. The molecule has 0 bridgehead atoms. The summed E-state index contributed by atoms with van der Waals surface area (Å²) in [5, 5.41) is 24.5. The van der Waals surface area contributed by atoms with Crippen molar-refractivity contribution in [3.8, 4) is 0 Å². The number of rotatable bonds is 8. The Bertz CT molecular complexity index is 796. The van der Waals surface area contributed by atoms with Gasteiger partial charge in [-0.15, -0.1) is 0 Å². The maximum atomic E-state index is 12.4. The van der Waals surface area contributed by atoms with Crippen LogP contribution in [0.25, 0.3) is 0 Å². The molecule has 4 saturated carbocycles. The van der Waals surface area contributed by atoms with Crippen LogP contribution in [0.15, 0.2) is 0 Å². The summed E-state index contributed by atoms with van der Waals surface area (Å²) in [6.07, 6.45) is 8.42. The van der Waals surface area contributed by atoms with Gasteiger partial charge in [-0.3, -0.25) is 4.79 Å². The van der Waals surface area contributed by atoms with Gasteiger partial charge in [0.25, 0.3) is 0 Å². The van der Waals surface area contributed by atoms with Crippen LogP contribution in [0.5, 0.6) is 0 Å². The predicted octanol–water partition coefficient (Wildman–Crippen LogP) is 4.86. The second-order valence-corrected chi connectivity index (χ2v) is 12.9. The molecule has 0 aromatic rings. The minimum Gasteiger partial charge on any atom is -0.432 e. The van der Waals surface area contributed by atoms with Gasteiger partial charge >= 0.3 is 6.16 Å². The highest BCUT2D eigenvalue weighted by Crippen LogP contribution is 2.68. The van der Waals surface area contributed by atoms with E-state index in [1.165, 1.54) is 25.7 Å². The van der Waals surface area contributed by atoms with Crippen LogP contribution in [0.2, 0.25) is 0 Å². The van der Waals surface area contributed by atoms with E-state index in [9.17, 15) is 19.8 Å². The van der Waals surface area contributed by atoms with Gasteiger partial charge in [0.05, 0.1) is 18.8 Å². The van der Waals surface area contributed by atoms with Gasteiger partial charge in [0.15, 0.2) is 6.07 Å². The van der Waals surface area contributed by atoms with Crippen LogP contribution in [0.3, 0.4) is 0 Å². The number of amides is 1. The molecule has 4 fully saturated rings. The average molecular weight is 528 g/mol. The van der Waals surface area contributed by atoms with Crippen LogP contribution in [0.4, 0.5) is 4.79 Å². The van der Waals surface area contributed by atoms with Crippen LogP contribution in [0, 0.1) is 46.3 Å². The van der Waals surface area contributed by atoms with E-state index in [4.69, 9.17) is 16.3 Å². The summed E-state index contributed by atoms with van der Waals surface area (Å²) < 4.78 is 9.30. The molecular weight excluding hydrogens is 482 g/mol. The van der Waals surface area contributed by atoms with Crippen molar-refractivity contribution in [1.29, 1.82) is 0 Å². The number of carbonyl (C=O) groups is 2. The van der Waals surface area contributed by atoms with Crippen molar-refractivity contribution in [2.45, 2.75) is 97.2 Å². The Hall–Kier alpha value is -1.05. The second kappa shape index (κ2) is 11.4. The molecule has 0 spiro atoms. The van der Waals surface area contributed by atoms with Gasteiger partial charge in [-0.2, -0.15) is 0 Å². The van der Waals surface area contributed by atoms with E-state index >= 15 is 0 Å². The number of ether oxygens (including phenoxy) is 2. The van der Waals surface area contributed by atoms with Crippen LogP contribution in [-0.4, -0.2) is 53.7 Å². The molecule has 5 unspecified atom stereocenters. The summed E-state index contributed by atoms with van der Waals surface area (Å²) in [5.74, 6) is 2.88. The Kier molecular flexibility index (Phi) is 8.83. The third-order valence-electron chi connectivity index (χ3n) is 11.1. The molecule has 0 aliphatic heterocycles. The third-order valence-corrected chi connectivity index (χ3v) is 11.2. The number of nitrogens with one attached hydrogen (secondary N) is 1. The zero-order valence-corrected chi connectivity index (χ0v) is 23.0. The standard InChI is InChI=1S/C28H46ClNO6/c1-17(4-7-24(33)30-12-13-35-26(34)36-16-29)20-5-6-21-25-22(9-11-28(20,21)3)27(2)10-8-19(31)14-18(27)15-23(25)32/h17-23,25,31-32H,4-16H2,1-3H3,(H,30,33)/t17-,18+,19-,20?,21?,22?,23-,25+,27?,28?/m1/s1. The van der Waals surface area contributed by atoms with Gasteiger partial charge in [0, 0.05) is 6.42 Å². The van der Waals surface area contributed by atoms with Crippen molar-refractivity contribution in [3.05, 3.63) is 0 Å². The molecule has 3 N–H and O–H groups in total. The number of hydrogen-bond acceptors (Lipinski definition) is 6. The lowest BCUT2D eigenvalue weighted by Crippen LogP contribution is -2.58. The van der Waals surface area contributed by atoms with Gasteiger partial charge < -0.3 is 25.0 Å². The summed E-state index contributed by atoms with van der Waals surface area (Å²) in [6.45, 7) is 7.52. The normalized spacial score (nSPS) is 42.4. The Balaban J connectivity index is 1.31. The molecule has 7 nitrogen and oxygen atoms in total. The quantitative estimate of drug-likeness (QED) is 0.236.